The number of nitrogens with one attached hydrogen (secondary N) is 2. The van der Waals surface area contributed by atoms with E-state index in [-0.39, 0.29) is 29.5 Å². The van der Waals surface area contributed by atoms with Crippen LogP contribution in [0, 0.1) is 5.82 Å². The lowest BCUT2D eigenvalue weighted by molar-refractivity contribution is -0.146. The second kappa shape index (κ2) is 12.5. The number of hydrogen-bond donors (Lipinski definition) is 2. The molecule has 32 heavy (non-hydrogen) atoms. The Morgan fingerprint density at radius 2 is 1.66 bits per heavy atom. The van der Waals surface area contributed by atoms with Crippen LogP contribution >= 0.6 is 11.8 Å². The molecule has 0 bridgehead atoms. The Kier molecular flexibility index (Phi) is 9.68. The zero-order chi connectivity index (χ0) is 23.5. The highest BCUT2D eigenvalue weighted by molar-refractivity contribution is 8.01. The molecule has 0 aliphatic carbocycles. The minimum Gasteiger partial charge on any atom is -0.462 e. The second-order valence-corrected chi connectivity index (χ2v) is 7.76. The molecule has 170 valence electrons. The Bertz CT molecular complexity index is 967. The van der Waals surface area contributed by atoms with Crippen LogP contribution in [0.25, 0.3) is 0 Å². The lowest BCUT2D eigenvalue weighted by Crippen LogP contribution is -2.26. The maximum absolute atomic E-state index is 12.9. The molecule has 1 atom stereocenters. The highest BCUT2D eigenvalue weighted by Crippen LogP contribution is 2.17. The van der Waals surface area contributed by atoms with Gasteiger partial charge in [-0.2, -0.15) is 0 Å². The van der Waals surface area contributed by atoms with E-state index in [2.05, 4.69) is 10.6 Å². The molecule has 10 heteroatoms. The van der Waals surface area contributed by atoms with Crippen LogP contribution in [0.15, 0.2) is 48.5 Å². The van der Waals surface area contributed by atoms with Gasteiger partial charge >= 0.3 is 11.9 Å². The summed E-state index contributed by atoms with van der Waals surface area (Å²) in [6.45, 7) is 2.86. The Morgan fingerprint density at radius 1 is 0.969 bits per heavy atom. The summed E-state index contributed by atoms with van der Waals surface area (Å²) in [5, 5.41) is 4.39. The van der Waals surface area contributed by atoms with Gasteiger partial charge in [0.2, 0.25) is 5.91 Å². The first-order valence-electron chi connectivity index (χ1n) is 9.69. The number of carbonyl (C=O) groups excluding carboxylic acids is 4. The number of esters is 2. The quantitative estimate of drug-likeness (QED) is 0.522. The van der Waals surface area contributed by atoms with Gasteiger partial charge < -0.3 is 20.1 Å². The molecule has 2 aromatic rings. The summed E-state index contributed by atoms with van der Waals surface area (Å²) < 4.78 is 22.8. The molecule has 2 amide bonds. The predicted octanol–water partition coefficient (Wildman–Crippen LogP) is 3.24. The minimum absolute atomic E-state index is 0.0350. The van der Waals surface area contributed by atoms with E-state index in [1.165, 1.54) is 36.4 Å². The molecule has 0 fully saturated rings. The van der Waals surface area contributed by atoms with Crippen LogP contribution in [0.5, 0.6) is 0 Å². The largest absolute Gasteiger partial charge is 0.462 e. The van der Waals surface area contributed by atoms with Crippen LogP contribution in [0.3, 0.4) is 0 Å². The molecular weight excluding hydrogens is 439 g/mol. The molecule has 2 N–H and O–H groups in total. The van der Waals surface area contributed by atoms with Crippen LogP contribution in [0.1, 0.15) is 24.2 Å². The van der Waals surface area contributed by atoms with Crippen molar-refractivity contribution >= 4 is 46.9 Å². The van der Waals surface area contributed by atoms with Gasteiger partial charge in [0.05, 0.1) is 23.6 Å². The smallest absolute Gasteiger partial charge is 0.340 e. The highest BCUT2D eigenvalue weighted by Gasteiger charge is 2.19. The molecule has 2 rings (SSSR count). The molecule has 0 aliphatic rings. The van der Waals surface area contributed by atoms with E-state index in [0.29, 0.717) is 5.69 Å². The Hall–Kier alpha value is -3.40. The lowest BCUT2D eigenvalue weighted by atomic mass is 10.2. The number of anilines is 2. The molecule has 0 saturated heterocycles. The number of carbonyl (C=O) groups is 4. The van der Waals surface area contributed by atoms with E-state index in [1.807, 2.05) is 0 Å². The summed E-state index contributed by atoms with van der Waals surface area (Å²) in [7, 11) is 0. The fourth-order valence-electron chi connectivity index (χ4n) is 2.42. The number of hydrogen-bond acceptors (Lipinski definition) is 7. The Labute approximate surface area is 188 Å². The van der Waals surface area contributed by atoms with Gasteiger partial charge in [0.1, 0.15) is 11.1 Å². The van der Waals surface area contributed by atoms with Crippen LogP contribution in [0.2, 0.25) is 0 Å². The summed E-state index contributed by atoms with van der Waals surface area (Å²) in [5.74, 6) is -2.69. The van der Waals surface area contributed by atoms with Crippen molar-refractivity contribution in [1.29, 1.82) is 0 Å². The number of thioether (sulfide) groups is 1. The topological polar surface area (TPSA) is 111 Å². The average molecular weight is 462 g/mol. The number of amides is 2. The Balaban J connectivity index is 1.77. The number of para-hydroxylation sites is 1. The van der Waals surface area contributed by atoms with Crippen molar-refractivity contribution in [2.24, 2.45) is 0 Å². The summed E-state index contributed by atoms with van der Waals surface area (Å²) in [6, 6.07) is 11.6. The van der Waals surface area contributed by atoms with Crippen LogP contribution < -0.4 is 10.6 Å². The molecule has 0 saturated carbocycles. The fourth-order valence-corrected chi connectivity index (χ4v) is 3.10. The van der Waals surface area contributed by atoms with Gasteiger partial charge in [0.25, 0.3) is 5.91 Å². The highest BCUT2D eigenvalue weighted by atomic mass is 32.2. The van der Waals surface area contributed by atoms with Crippen molar-refractivity contribution in [2.45, 2.75) is 19.1 Å². The summed E-state index contributed by atoms with van der Waals surface area (Å²) >= 11 is 1.03. The number of ether oxygens (including phenoxy) is 2. The van der Waals surface area contributed by atoms with Gasteiger partial charge in [0.15, 0.2) is 6.61 Å². The van der Waals surface area contributed by atoms with Crippen molar-refractivity contribution < 1.29 is 33.0 Å². The van der Waals surface area contributed by atoms with E-state index < -0.39 is 35.5 Å². The third kappa shape index (κ3) is 8.03. The maximum Gasteiger partial charge on any atom is 0.340 e. The molecule has 0 aromatic heterocycles. The van der Waals surface area contributed by atoms with Crippen LogP contribution in [0.4, 0.5) is 15.8 Å². The first kappa shape index (κ1) is 24.9. The lowest BCUT2D eigenvalue weighted by Gasteiger charge is -2.13. The zero-order valence-electron chi connectivity index (χ0n) is 17.6. The molecule has 1 unspecified atom stereocenters. The fraction of sp³-hybridized carbons (Fsp3) is 0.273. The van der Waals surface area contributed by atoms with Gasteiger partial charge in [-0.25, -0.2) is 9.18 Å². The molecular formula is C22H23FN2O6S. The molecule has 0 radical (unpaired) electrons. The molecule has 0 aliphatic heterocycles. The number of halogens is 1. The third-order valence-electron chi connectivity index (χ3n) is 3.97. The SMILES string of the molecule is CCOC(=O)c1ccccc1NC(=O)COC(=O)C(C)SCC(=O)Nc1ccc(F)cc1. The van der Waals surface area contributed by atoms with E-state index in [0.717, 1.165) is 11.8 Å². The predicted molar refractivity (Wildman–Crippen MR) is 119 cm³/mol. The van der Waals surface area contributed by atoms with Gasteiger partial charge in [-0.1, -0.05) is 12.1 Å². The standard InChI is InChI=1S/C22H23FN2O6S/c1-3-30-22(29)17-6-4-5-7-18(17)25-19(26)12-31-21(28)14(2)32-13-20(27)24-16-10-8-15(23)9-11-16/h4-11,14H,3,12-13H2,1-2H3,(H,24,27)(H,25,26). The normalized spacial score (nSPS) is 11.2. The monoisotopic (exact) mass is 462 g/mol. The first-order chi connectivity index (χ1) is 15.3. The van der Waals surface area contributed by atoms with E-state index in [4.69, 9.17) is 9.47 Å². The summed E-state index contributed by atoms with van der Waals surface area (Å²) in [6.07, 6.45) is 0. The van der Waals surface area contributed by atoms with Gasteiger partial charge in [-0.3, -0.25) is 14.4 Å². The molecule has 0 heterocycles. The number of benzene rings is 2. The first-order valence-corrected chi connectivity index (χ1v) is 10.7. The average Bonchev–Trinajstić information content (AvgIpc) is 2.78. The van der Waals surface area contributed by atoms with Crippen molar-refractivity contribution in [1.82, 2.24) is 0 Å². The molecule has 0 spiro atoms. The molecule has 8 nitrogen and oxygen atoms in total. The van der Waals surface area contributed by atoms with Gasteiger partial charge in [-0.15, -0.1) is 11.8 Å². The third-order valence-corrected chi connectivity index (χ3v) is 5.09. The maximum atomic E-state index is 12.9. The van der Waals surface area contributed by atoms with Crippen molar-refractivity contribution in [3.05, 3.63) is 59.9 Å². The number of rotatable bonds is 10. The van der Waals surface area contributed by atoms with E-state index in [1.54, 1.807) is 26.0 Å². The van der Waals surface area contributed by atoms with E-state index in [9.17, 15) is 23.6 Å². The van der Waals surface area contributed by atoms with Gasteiger partial charge in [0, 0.05) is 5.69 Å². The molecule has 2 aromatic carbocycles. The van der Waals surface area contributed by atoms with Crippen molar-refractivity contribution in [2.75, 3.05) is 29.6 Å². The van der Waals surface area contributed by atoms with Crippen molar-refractivity contribution in [3.63, 3.8) is 0 Å². The minimum atomic E-state index is -0.700. The van der Waals surface area contributed by atoms with E-state index >= 15 is 0 Å². The second-order valence-electron chi connectivity index (χ2n) is 6.43. The van der Waals surface area contributed by atoms with Gasteiger partial charge in [-0.05, 0) is 50.2 Å². The zero-order valence-corrected chi connectivity index (χ0v) is 18.4. The van der Waals surface area contributed by atoms with Crippen molar-refractivity contribution in [3.8, 4) is 0 Å². The Morgan fingerprint density at radius 3 is 2.34 bits per heavy atom. The summed E-state index contributed by atoms with van der Waals surface area (Å²) in [5.41, 5.74) is 0.865. The summed E-state index contributed by atoms with van der Waals surface area (Å²) in [4.78, 5) is 48.1. The van der Waals surface area contributed by atoms with Crippen LogP contribution in [-0.4, -0.2) is 48.0 Å². The van der Waals surface area contributed by atoms with Crippen LogP contribution in [-0.2, 0) is 23.9 Å².